The highest BCUT2D eigenvalue weighted by atomic mass is 32.2. The lowest BCUT2D eigenvalue weighted by Gasteiger charge is -2.58. The molecule has 0 heterocycles. The number of sulfonamides is 1. The third-order valence-electron chi connectivity index (χ3n) is 5.35. The van der Waals surface area contributed by atoms with Crippen molar-refractivity contribution >= 4 is 15.9 Å². The van der Waals surface area contributed by atoms with Crippen molar-refractivity contribution in [2.45, 2.75) is 50.0 Å². The Hall–Kier alpha value is -0.930. The van der Waals surface area contributed by atoms with Gasteiger partial charge in [0, 0.05) is 5.41 Å². The summed E-state index contributed by atoms with van der Waals surface area (Å²) in [6.07, 6.45) is -2.62. The summed E-state index contributed by atoms with van der Waals surface area (Å²) in [5.74, 6) is -0.732. The van der Waals surface area contributed by atoms with Crippen LogP contribution in [0.5, 0.6) is 0 Å². The fraction of sp³-hybridized carbons (Fsp3) is 0.923. The third kappa shape index (κ3) is 2.53. The quantitative estimate of drug-likeness (QED) is 0.441. The Morgan fingerprint density at radius 1 is 0.957 bits per heavy atom. The lowest BCUT2D eigenvalue weighted by Crippen LogP contribution is -2.54. The molecule has 4 nitrogen and oxygen atoms in total. The largest absolute Gasteiger partial charge is 0.861 e. The summed E-state index contributed by atoms with van der Waals surface area (Å²) in [4.78, 5) is 0. The molecule has 0 aromatic rings. The van der Waals surface area contributed by atoms with Crippen LogP contribution in [-0.4, -0.2) is 25.7 Å². The number of nitrogens with zero attached hydrogens (tertiary/aromatic N) is 1. The van der Waals surface area contributed by atoms with Gasteiger partial charge in [-0.1, -0.05) is 0 Å². The second kappa shape index (κ2) is 4.80. The van der Waals surface area contributed by atoms with E-state index in [1.54, 1.807) is 0 Å². The van der Waals surface area contributed by atoms with E-state index in [0.717, 1.165) is 19.3 Å². The van der Waals surface area contributed by atoms with Crippen LogP contribution in [0.2, 0.25) is 0 Å². The molecule has 0 aliphatic heterocycles. The Morgan fingerprint density at radius 3 is 1.70 bits per heavy atom. The summed E-state index contributed by atoms with van der Waals surface area (Å²) >= 11 is 0. The van der Waals surface area contributed by atoms with Crippen LogP contribution in [0, 0.1) is 23.2 Å². The molecule has 4 bridgehead atoms. The topological polar surface area (TPSA) is 69.6 Å². The van der Waals surface area contributed by atoms with Gasteiger partial charge in [0.15, 0.2) is 0 Å². The molecule has 23 heavy (non-hydrogen) atoms. The Balaban J connectivity index is 1.94. The fourth-order valence-electron chi connectivity index (χ4n) is 4.78. The number of halogens is 5. The van der Waals surface area contributed by atoms with E-state index in [4.69, 9.17) is 0 Å². The minimum Gasteiger partial charge on any atom is -0.861 e. The van der Waals surface area contributed by atoms with E-state index in [1.807, 2.05) is 0 Å². The van der Waals surface area contributed by atoms with Crippen molar-refractivity contribution in [2.75, 3.05) is 0 Å². The molecule has 0 unspecified atom stereocenters. The van der Waals surface area contributed by atoms with Crippen LogP contribution in [-0.2, 0) is 10.0 Å². The number of alkyl halides is 5. The molecule has 4 aliphatic rings. The summed E-state index contributed by atoms with van der Waals surface area (Å²) in [5, 5.41) is 6.18. The van der Waals surface area contributed by atoms with Gasteiger partial charge in [0.05, 0.1) is 0 Å². The first kappa shape index (κ1) is 16.9. The van der Waals surface area contributed by atoms with Crippen molar-refractivity contribution in [2.24, 2.45) is 27.6 Å². The van der Waals surface area contributed by atoms with Crippen LogP contribution >= 0.6 is 0 Å². The summed E-state index contributed by atoms with van der Waals surface area (Å²) in [6.45, 7) is 0. The molecule has 132 valence electrons. The van der Waals surface area contributed by atoms with Gasteiger partial charge in [-0.25, -0.2) is 0 Å². The molecule has 10 heteroatoms. The highest BCUT2D eigenvalue weighted by molar-refractivity contribution is 7.91. The van der Waals surface area contributed by atoms with Gasteiger partial charge in [0.25, 0.3) is 0 Å². The monoisotopic (exact) mass is 360 g/mol. The molecule has 0 N–H and O–H groups in total. The number of hydrogen-bond donors (Lipinski definition) is 0. The Morgan fingerprint density at radius 2 is 1.35 bits per heavy atom. The van der Waals surface area contributed by atoms with Crippen LogP contribution in [0.4, 0.5) is 22.0 Å². The smallest absolute Gasteiger partial charge is 0.471 e. The summed E-state index contributed by atoms with van der Waals surface area (Å²) < 4.78 is 88.0. The van der Waals surface area contributed by atoms with Crippen molar-refractivity contribution in [3.8, 4) is 0 Å². The van der Waals surface area contributed by atoms with E-state index in [-0.39, 0.29) is 17.8 Å². The molecule has 0 atom stereocenters. The van der Waals surface area contributed by atoms with Gasteiger partial charge in [-0.3, -0.25) is 0 Å². The SMILES string of the molecule is O=S(=O)(/N=C(\[O-])C12CC3CC(CC(C3)C1)C2)C(F)(F)C(F)(F)F. The van der Waals surface area contributed by atoms with Crippen LogP contribution < -0.4 is 5.11 Å². The Kier molecular flexibility index (Phi) is 3.53. The average Bonchev–Trinajstić information content (AvgIpc) is 2.34. The predicted octanol–water partition coefficient (Wildman–Crippen LogP) is 2.45. The lowest BCUT2D eigenvalue weighted by atomic mass is 9.49. The van der Waals surface area contributed by atoms with Crippen LogP contribution in [0.25, 0.3) is 0 Å². The van der Waals surface area contributed by atoms with Crippen molar-refractivity contribution in [3.63, 3.8) is 0 Å². The first-order valence-electron chi connectivity index (χ1n) is 7.33. The first-order valence-corrected chi connectivity index (χ1v) is 8.77. The van der Waals surface area contributed by atoms with E-state index >= 15 is 0 Å². The summed E-state index contributed by atoms with van der Waals surface area (Å²) in [5.41, 5.74) is -1.18. The summed E-state index contributed by atoms with van der Waals surface area (Å²) in [6, 6.07) is 0. The standard InChI is InChI=1S/C13H16F5NO3S/c14-12(15,16)13(17,18)23(21,22)19-10(20)11-4-7-1-8(5-11)3-9(2-7)6-11/h7-9H,1-6H2,(H,19,20)/p-1. The molecule has 0 spiro atoms. The maximum Gasteiger partial charge on any atom is 0.471 e. The number of hydrogen-bond acceptors (Lipinski definition) is 3. The Bertz CT molecular complexity index is 605. The van der Waals surface area contributed by atoms with E-state index < -0.39 is 32.8 Å². The zero-order chi connectivity index (χ0) is 17.3. The van der Waals surface area contributed by atoms with Crippen LogP contribution in [0.1, 0.15) is 38.5 Å². The average molecular weight is 360 g/mol. The van der Waals surface area contributed by atoms with Crippen LogP contribution in [0.3, 0.4) is 0 Å². The zero-order valence-corrected chi connectivity index (χ0v) is 12.8. The van der Waals surface area contributed by atoms with Crippen molar-refractivity contribution < 1.29 is 35.5 Å². The van der Waals surface area contributed by atoms with Crippen molar-refractivity contribution in [1.82, 2.24) is 0 Å². The molecular weight excluding hydrogens is 345 g/mol. The molecule has 0 saturated heterocycles. The van der Waals surface area contributed by atoms with Crippen LogP contribution in [0.15, 0.2) is 4.40 Å². The van der Waals surface area contributed by atoms with Gasteiger partial charge in [-0.15, -0.1) is 0 Å². The maximum absolute atomic E-state index is 13.1. The second-order valence-electron chi connectivity index (χ2n) is 7.08. The molecule has 4 aliphatic carbocycles. The maximum atomic E-state index is 13.1. The van der Waals surface area contributed by atoms with Gasteiger partial charge in [0.1, 0.15) is 0 Å². The highest BCUT2D eigenvalue weighted by Gasteiger charge is 2.68. The fourth-order valence-corrected chi connectivity index (χ4v) is 5.60. The van der Waals surface area contributed by atoms with E-state index in [1.165, 1.54) is 0 Å². The molecule has 4 fully saturated rings. The van der Waals surface area contributed by atoms with Crippen molar-refractivity contribution in [1.29, 1.82) is 0 Å². The van der Waals surface area contributed by atoms with Crippen molar-refractivity contribution in [3.05, 3.63) is 0 Å². The first-order chi connectivity index (χ1) is 10.4. The highest BCUT2D eigenvalue weighted by Crippen LogP contribution is 2.60. The lowest BCUT2D eigenvalue weighted by molar-refractivity contribution is -0.244. The van der Waals surface area contributed by atoms with Gasteiger partial charge >= 0.3 is 21.5 Å². The molecule has 0 amide bonds. The van der Waals surface area contributed by atoms with Gasteiger partial charge in [-0.2, -0.15) is 34.8 Å². The van der Waals surface area contributed by atoms with E-state index in [2.05, 4.69) is 4.40 Å². The molecule has 4 saturated carbocycles. The Labute approximate surface area is 129 Å². The third-order valence-corrected chi connectivity index (χ3v) is 6.63. The van der Waals surface area contributed by atoms with Gasteiger partial charge in [-0.05, 0) is 62.2 Å². The molecule has 0 aromatic heterocycles. The van der Waals surface area contributed by atoms with E-state index in [0.29, 0.717) is 19.3 Å². The summed E-state index contributed by atoms with van der Waals surface area (Å²) in [7, 11) is -6.29. The normalized spacial score (nSPS) is 38.1. The molecule has 0 aromatic carbocycles. The minimum absolute atomic E-state index is 0.200. The second-order valence-corrected chi connectivity index (χ2v) is 8.73. The molecule has 0 radical (unpaired) electrons. The van der Waals surface area contributed by atoms with E-state index in [9.17, 15) is 35.5 Å². The number of rotatable bonds is 3. The van der Waals surface area contributed by atoms with Gasteiger partial charge in [0.2, 0.25) is 0 Å². The molecular formula is C13H15F5NO3S-. The minimum atomic E-state index is -6.31. The van der Waals surface area contributed by atoms with Gasteiger partial charge < -0.3 is 5.11 Å². The molecule has 4 rings (SSSR count). The predicted molar refractivity (Wildman–Crippen MR) is 68.0 cm³/mol. The zero-order valence-electron chi connectivity index (χ0n) is 11.9.